The summed E-state index contributed by atoms with van der Waals surface area (Å²) in [4.78, 5) is 24.9. The third kappa shape index (κ3) is 1.79. The van der Waals surface area contributed by atoms with E-state index < -0.39 is 6.09 Å². The number of hydrogen-bond acceptors (Lipinski definition) is 3. The minimum Gasteiger partial charge on any atom is -0.444 e. The Balaban J connectivity index is 1.63. The Morgan fingerprint density at radius 1 is 1.28 bits per heavy atom. The molecule has 0 N–H and O–H groups in total. The molecule has 3 rings (SSSR count). The van der Waals surface area contributed by atoms with Crippen molar-refractivity contribution < 1.29 is 14.3 Å². The molecule has 4 heteroatoms. The van der Waals surface area contributed by atoms with Crippen molar-refractivity contribution in [3.63, 3.8) is 0 Å². The molecule has 2 aliphatic rings. The Morgan fingerprint density at radius 3 is 2.72 bits per heavy atom. The first kappa shape index (κ1) is 11.0. The number of amides is 2. The van der Waals surface area contributed by atoms with Crippen LogP contribution >= 0.6 is 0 Å². The van der Waals surface area contributed by atoms with Gasteiger partial charge in [-0.05, 0) is 12.0 Å². The molecule has 2 unspecified atom stereocenters. The molecular formula is C14H13NO3. The van der Waals surface area contributed by atoms with Gasteiger partial charge in [0.2, 0.25) is 5.91 Å². The number of fused-ring (bicyclic) bond motifs is 2. The number of ether oxygens (including phenoxy) is 1. The lowest BCUT2D eigenvalue weighted by Gasteiger charge is -2.21. The summed E-state index contributed by atoms with van der Waals surface area (Å²) in [6.07, 6.45) is 3.93. The van der Waals surface area contributed by atoms with Gasteiger partial charge in [0.1, 0.15) is 6.61 Å². The van der Waals surface area contributed by atoms with Gasteiger partial charge in [-0.2, -0.15) is 0 Å². The Bertz CT molecular complexity index is 509. The number of benzene rings is 1. The lowest BCUT2D eigenvalue weighted by molar-refractivity contribution is -0.129. The topological polar surface area (TPSA) is 46.6 Å². The Morgan fingerprint density at radius 2 is 2.06 bits per heavy atom. The van der Waals surface area contributed by atoms with Crippen molar-refractivity contribution in [2.24, 2.45) is 5.92 Å². The molecule has 2 bridgehead atoms. The lowest BCUT2D eigenvalue weighted by Crippen LogP contribution is -2.40. The lowest BCUT2D eigenvalue weighted by atomic mass is 10.1. The molecule has 1 fully saturated rings. The second kappa shape index (κ2) is 4.29. The fraction of sp³-hybridized carbons (Fsp3) is 0.286. The van der Waals surface area contributed by atoms with Gasteiger partial charge in [0.15, 0.2) is 0 Å². The molecule has 0 saturated carbocycles. The standard InChI is InChI=1S/C14H13NO3/c16-13-11-6-7-12(8-11)15(13)14(17)18-9-10-4-2-1-3-5-10/h1-7,11-12H,8-9H2. The van der Waals surface area contributed by atoms with E-state index in [-0.39, 0.29) is 24.5 Å². The number of imide groups is 1. The first-order valence-corrected chi connectivity index (χ1v) is 5.98. The third-order valence-corrected chi connectivity index (χ3v) is 3.35. The van der Waals surface area contributed by atoms with Crippen LogP contribution in [0.25, 0.3) is 0 Å². The molecule has 2 amide bonds. The average molecular weight is 243 g/mol. The molecular weight excluding hydrogens is 230 g/mol. The van der Waals surface area contributed by atoms with Crippen molar-refractivity contribution in [2.75, 3.05) is 0 Å². The van der Waals surface area contributed by atoms with E-state index in [1.54, 1.807) is 0 Å². The summed E-state index contributed by atoms with van der Waals surface area (Å²) in [6.45, 7) is 0.199. The minimum absolute atomic E-state index is 0.106. The Labute approximate surface area is 105 Å². The van der Waals surface area contributed by atoms with Crippen LogP contribution < -0.4 is 0 Å². The first-order valence-electron chi connectivity index (χ1n) is 5.98. The highest BCUT2D eigenvalue weighted by molar-refractivity contribution is 5.97. The Kier molecular flexibility index (Phi) is 2.63. The summed E-state index contributed by atoms with van der Waals surface area (Å²) in [5, 5.41) is 0. The van der Waals surface area contributed by atoms with Crippen LogP contribution in [-0.2, 0) is 16.1 Å². The highest BCUT2D eigenvalue weighted by Gasteiger charge is 2.45. The molecule has 2 atom stereocenters. The maximum Gasteiger partial charge on any atom is 0.417 e. The quantitative estimate of drug-likeness (QED) is 0.747. The SMILES string of the molecule is O=C(OCc1ccccc1)N1C(=O)C2C=CC1C2. The number of carbonyl (C=O) groups excluding carboxylic acids is 2. The monoisotopic (exact) mass is 243 g/mol. The van der Waals surface area contributed by atoms with Crippen LogP contribution in [0.2, 0.25) is 0 Å². The van der Waals surface area contributed by atoms with Crippen molar-refractivity contribution in [1.29, 1.82) is 0 Å². The third-order valence-electron chi connectivity index (χ3n) is 3.35. The summed E-state index contributed by atoms with van der Waals surface area (Å²) in [5.41, 5.74) is 0.915. The molecule has 18 heavy (non-hydrogen) atoms. The predicted molar refractivity (Wildman–Crippen MR) is 64.5 cm³/mol. The summed E-state index contributed by atoms with van der Waals surface area (Å²) >= 11 is 0. The Hall–Kier alpha value is -2.10. The first-order chi connectivity index (χ1) is 8.75. The normalized spacial score (nSPS) is 24.7. The molecule has 0 radical (unpaired) electrons. The van der Waals surface area contributed by atoms with Crippen molar-refractivity contribution in [1.82, 2.24) is 4.90 Å². The molecule has 1 heterocycles. The van der Waals surface area contributed by atoms with E-state index in [0.717, 1.165) is 5.56 Å². The predicted octanol–water partition coefficient (Wildman–Crippen LogP) is 2.11. The zero-order valence-electron chi connectivity index (χ0n) is 9.78. The smallest absolute Gasteiger partial charge is 0.417 e. The van der Waals surface area contributed by atoms with Crippen LogP contribution in [0, 0.1) is 5.92 Å². The van der Waals surface area contributed by atoms with E-state index in [9.17, 15) is 9.59 Å². The van der Waals surface area contributed by atoms with Gasteiger partial charge >= 0.3 is 6.09 Å². The van der Waals surface area contributed by atoms with Gasteiger partial charge in [0.25, 0.3) is 0 Å². The van der Waals surface area contributed by atoms with Crippen LogP contribution in [-0.4, -0.2) is 22.9 Å². The average Bonchev–Trinajstić information content (AvgIpc) is 2.98. The van der Waals surface area contributed by atoms with Crippen molar-refractivity contribution in [3.8, 4) is 0 Å². The maximum atomic E-state index is 11.9. The molecule has 1 saturated heterocycles. The zero-order chi connectivity index (χ0) is 12.5. The van der Waals surface area contributed by atoms with E-state index in [4.69, 9.17) is 4.74 Å². The van der Waals surface area contributed by atoms with Crippen LogP contribution in [0.5, 0.6) is 0 Å². The van der Waals surface area contributed by atoms with Gasteiger partial charge in [0, 0.05) is 0 Å². The van der Waals surface area contributed by atoms with Gasteiger partial charge in [0.05, 0.1) is 12.0 Å². The number of rotatable bonds is 2. The molecule has 1 aromatic rings. The number of carbonyl (C=O) groups is 2. The van der Waals surface area contributed by atoms with E-state index in [1.165, 1.54) is 4.90 Å². The summed E-state index contributed by atoms with van der Waals surface area (Å²) in [6, 6.07) is 9.32. The largest absolute Gasteiger partial charge is 0.444 e. The summed E-state index contributed by atoms with van der Waals surface area (Å²) in [7, 11) is 0. The van der Waals surface area contributed by atoms with Crippen molar-refractivity contribution >= 4 is 12.0 Å². The molecule has 0 aromatic heterocycles. The van der Waals surface area contributed by atoms with Gasteiger partial charge in [-0.15, -0.1) is 0 Å². The van der Waals surface area contributed by atoms with E-state index in [1.807, 2.05) is 42.5 Å². The van der Waals surface area contributed by atoms with Gasteiger partial charge in [-0.1, -0.05) is 42.5 Å². The highest BCUT2D eigenvalue weighted by Crippen LogP contribution is 2.33. The molecule has 4 nitrogen and oxygen atoms in total. The number of likely N-dealkylation sites (tertiary alicyclic amines) is 1. The summed E-state index contributed by atoms with van der Waals surface area (Å²) in [5.74, 6) is -0.264. The number of nitrogens with zero attached hydrogens (tertiary/aromatic N) is 1. The maximum absolute atomic E-state index is 11.9. The fourth-order valence-corrected chi connectivity index (χ4v) is 2.41. The molecule has 1 aromatic carbocycles. The molecule has 1 aliphatic carbocycles. The molecule has 0 spiro atoms. The fourth-order valence-electron chi connectivity index (χ4n) is 2.41. The molecule has 1 aliphatic heterocycles. The highest BCUT2D eigenvalue weighted by atomic mass is 16.6. The van der Waals surface area contributed by atoms with E-state index in [0.29, 0.717) is 6.42 Å². The van der Waals surface area contributed by atoms with Crippen LogP contribution in [0.1, 0.15) is 12.0 Å². The molecule has 92 valence electrons. The number of hydrogen-bond donors (Lipinski definition) is 0. The van der Waals surface area contributed by atoms with Crippen LogP contribution in [0.4, 0.5) is 4.79 Å². The minimum atomic E-state index is -0.541. The second-order valence-electron chi connectivity index (χ2n) is 4.54. The zero-order valence-corrected chi connectivity index (χ0v) is 9.78. The summed E-state index contributed by atoms with van der Waals surface area (Å²) < 4.78 is 5.17. The van der Waals surface area contributed by atoms with E-state index in [2.05, 4.69) is 0 Å². The van der Waals surface area contributed by atoms with Crippen molar-refractivity contribution in [3.05, 3.63) is 48.0 Å². The van der Waals surface area contributed by atoms with Gasteiger partial charge < -0.3 is 4.74 Å². The van der Waals surface area contributed by atoms with Crippen LogP contribution in [0.3, 0.4) is 0 Å². The van der Waals surface area contributed by atoms with Gasteiger partial charge in [-0.25, -0.2) is 9.69 Å². The van der Waals surface area contributed by atoms with Gasteiger partial charge in [-0.3, -0.25) is 4.79 Å². The second-order valence-corrected chi connectivity index (χ2v) is 4.54. The van der Waals surface area contributed by atoms with E-state index >= 15 is 0 Å². The van der Waals surface area contributed by atoms with Crippen LogP contribution in [0.15, 0.2) is 42.5 Å². The van der Waals surface area contributed by atoms with Crippen molar-refractivity contribution in [2.45, 2.75) is 19.1 Å².